The van der Waals surface area contributed by atoms with Crippen molar-refractivity contribution >= 4 is 29.1 Å². The number of nitrogens with zero attached hydrogens (tertiary/aromatic N) is 1. The number of carboxylic acid groups (broad SMARTS) is 1. The molecule has 0 aliphatic rings. The van der Waals surface area contributed by atoms with Gasteiger partial charge in [-0.3, -0.25) is 0 Å². The number of benzene rings is 3. The Bertz CT molecular complexity index is 1480. The van der Waals surface area contributed by atoms with Gasteiger partial charge in [0.1, 0.15) is 10.8 Å². The van der Waals surface area contributed by atoms with E-state index in [9.17, 15) is 26.7 Å². The highest BCUT2D eigenvalue weighted by Gasteiger charge is 2.32. The Kier molecular flexibility index (Phi) is 8.60. The molecule has 1 heterocycles. The van der Waals surface area contributed by atoms with Crippen molar-refractivity contribution in [1.82, 2.24) is 4.98 Å². The second-order valence-corrected chi connectivity index (χ2v) is 10.8. The van der Waals surface area contributed by atoms with Gasteiger partial charge in [0, 0.05) is 26.7 Å². The van der Waals surface area contributed by atoms with E-state index < -0.39 is 36.3 Å². The highest BCUT2D eigenvalue weighted by atomic mass is 32.2. The van der Waals surface area contributed by atoms with Crippen LogP contribution in [0.1, 0.15) is 33.7 Å². The molecule has 4 rings (SSSR count). The van der Waals surface area contributed by atoms with Crippen molar-refractivity contribution < 1.29 is 36.6 Å². The molecule has 1 aromatic heterocycles. The normalized spacial score (nSPS) is 11.7. The Hall–Kier alpha value is -3.44. The van der Waals surface area contributed by atoms with Crippen LogP contribution in [-0.2, 0) is 16.7 Å². The van der Waals surface area contributed by atoms with Crippen LogP contribution in [0, 0.1) is 13.8 Å². The molecule has 204 valence electrons. The molecule has 11 heteroatoms. The van der Waals surface area contributed by atoms with Gasteiger partial charge in [-0.1, -0.05) is 24.3 Å². The minimum Gasteiger partial charge on any atom is -0.482 e. The summed E-state index contributed by atoms with van der Waals surface area (Å²) in [5.74, 6) is 0.115. The molecule has 0 bridgehead atoms. The van der Waals surface area contributed by atoms with Crippen LogP contribution in [0.5, 0.6) is 5.75 Å². The molecular formula is C28H22F5NO3S2. The molecular weight excluding hydrogens is 557 g/mol. The fraction of sp³-hybridized carbons (Fsp3) is 0.214. The smallest absolute Gasteiger partial charge is 0.416 e. The third kappa shape index (κ3) is 7.15. The summed E-state index contributed by atoms with van der Waals surface area (Å²) < 4.78 is 71.4. The van der Waals surface area contributed by atoms with Gasteiger partial charge in [-0.15, -0.1) is 23.1 Å². The Morgan fingerprint density at radius 1 is 1.00 bits per heavy atom. The zero-order chi connectivity index (χ0) is 28.3. The van der Waals surface area contributed by atoms with Crippen molar-refractivity contribution in [3.05, 3.63) is 87.9 Å². The number of halogens is 5. The molecule has 0 spiro atoms. The van der Waals surface area contributed by atoms with Crippen LogP contribution in [0.2, 0.25) is 0 Å². The van der Waals surface area contributed by atoms with Gasteiger partial charge in [-0.05, 0) is 66.9 Å². The largest absolute Gasteiger partial charge is 0.482 e. The number of hydrogen-bond acceptors (Lipinski definition) is 5. The second-order valence-electron chi connectivity index (χ2n) is 8.65. The van der Waals surface area contributed by atoms with Gasteiger partial charge in [-0.2, -0.15) is 13.2 Å². The van der Waals surface area contributed by atoms with Gasteiger partial charge >= 0.3 is 12.1 Å². The SMILES string of the molecule is Cc1cc(SCc2sc(-c3ccc(-c4cc(C(F)F)cc(C(F)(F)F)c4)cc3)nc2C)ccc1OCC(=O)O. The maximum Gasteiger partial charge on any atom is 0.416 e. The monoisotopic (exact) mass is 579 g/mol. The summed E-state index contributed by atoms with van der Waals surface area (Å²) in [5, 5.41) is 9.51. The molecule has 3 aromatic carbocycles. The van der Waals surface area contributed by atoms with Gasteiger partial charge in [0.15, 0.2) is 6.61 Å². The fourth-order valence-electron chi connectivity index (χ4n) is 3.76. The zero-order valence-electron chi connectivity index (χ0n) is 20.7. The molecule has 0 aliphatic carbocycles. The van der Waals surface area contributed by atoms with Gasteiger partial charge in [0.25, 0.3) is 6.43 Å². The molecule has 0 aliphatic heterocycles. The predicted octanol–water partition coefficient (Wildman–Crippen LogP) is 8.81. The number of aryl methyl sites for hydroxylation is 2. The first kappa shape index (κ1) is 28.6. The predicted molar refractivity (Wildman–Crippen MR) is 142 cm³/mol. The molecule has 0 atom stereocenters. The number of hydrogen-bond donors (Lipinski definition) is 1. The molecule has 0 amide bonds. The fourth-order valence-corrected chi connectivity index (χ4v) is 5.97. The zero-order valence-corrected chi connectivity index (χ0v) is 22.3. The number of aliphatic carboxylic acids is 1. The summed E-state index contributed by atoms with van der Waals surface area (Å²) in [4.78, 5) is 17.4. The summed E-state index contributed by atoms with van der Waals surface area (Å²) in [5.41, 5.74) is 1.10. The van der Waals surface area contributed by atoms with Crippen LogP contribution < -0.4 is 4.74 Å². The van der Waals surface area contributed by atoms with E-state index in [0.717, 1.165) is 43.7 Å². The van der Waals surface area contributed by atoms with Crippen molar-refractivity contribution in [1.29, 1.82) is 0 Å². The minimum absolute atomic E-state index is 0.0637. The third-order valence-electron chi connectivity index (χ3n) is 5.76. The maximum atomic E-state index is 13.2. The highest BCUT2D eigenvalue weighted by molar-refractivity contribution is 7.98. The van der Waals surface area contributed by atoms with E-state index in [1.54, 1.807) is 42.1 Å². The highest BCUT2D eigenvalue weighted by Crippen LogP contribution is 2.38. The second kappa shape index (κ2) is 11.7. The lowest BCUT2D eigenvalue weighted by Crippen LogP contribution is -2.09. The maximum absolute atomic E-state index is 13.2. The molecule has 0 unspecified atom stereocenters. The Morgan fingerprint density at radius 2 is 1.69 bits per heavy atom. The van der Waals surface area contributed by atoms with E-state index in [4.69, 9.17) is 9.84 Å². The average molecular weight is 580 g/mol. The van der Waals surface area contributed by atoms with Crippen LogP contribution in [-0.4, -0.2) is 22.7 Å². The summed E-state index contributed by atoms with van der Waals surface area (Å²) in [6, 6.07) is 14.6. The summed E-state index contributed by atoms with van der Waals surface area (Å²) >= 11 is 3.09. The van der Waals surface area contributed by atoms with Crippen molar-refractivity contribution in [3.63, 3.8) is 0 Å². The molecule has 0 saturated heterocycles. The van der Waals surface area contributed by atoms with Gasteiger partial charge in [-0.25, -0.2) is 18.6 Å². The number of thiazole rings is 1. The van der Waals surface area contributed by atoms with Gasteiger partial charge in [0.2, 0.25) is 0 Å². The van der Waals surface area contributed by atoms with Crippen LogP contribution in [0.15, 0.2) is 65.6 Å². The molecule has 4 aromatic rings. The van der Waals surface area contributed by atoms with E-state index in [2.05, 4.69) is 4.98 Å². The van der Waals surface area contributed by atoms with Crippen LogP contribution in [0.4, 0.5) is 22.0 Å². The van der Waals surface area contributed by atoms with Crippen molar-refractivity contribution in [2.24, 2.45) is 0 Å². The summed E-state index contributed by atoms with van der Waals surface area (Å²) in [6.45, 7) is 3.33. The first-order valence-corrected chi connectivity index (χ1v) is 13.4. The summed E-state index contributed by atoms with van der Waals surface area (Å²) in [7, 11) is 0. The number of ether oxygens (including phenoxy) is 1. The van der Waals surface area contributed by atoms with E-state index in [1.165, 1.54) is 11.3 Å². The third-order valence-corrected chi connectivity index (χ3v) is 8.17. The number of thioether (sulfide) groups is 1. The van der Waals surface area contributed by atoms with Crippen molar-refractivity contribution in [3.8, 4) is 27.4 Å². The first-order chi connectivity index (χ1) is 18.4. The lowest BCUT2D eigenvalue weighted by molar-refractivity contribution is -0.139. The quantitative estimate of drug-likeness (QED) is 0.159. The van der Waals surface area contributed by atoms with E-state index in [-0.39, 0.29) is 5.56 Å². The lowest BCUT2D eigenvalue weighted by atomic mass is 9.98. The summed E-state index contributed by atoms with van der Waals surface area (Å²) in [6.07, 6.45) is -7.76. The van der Waals surface area contributed by atoms with E-state index in [0.29, 0.717) is 23.1 Å². The van der Waals surface area contributed by atoms with E-state index >= 15 is 0 Å². The number of carbonyl (C=O) groups is 1. The van der Waals surface area contributed by atoms with E-state index in [1.807, 2.05) is 26.0 Å². The number of alkyl halides is 5. The van der Waals surface area contributed by atoms with Crippen LogP contribution in [0.3, 0.4) is 0 Å². The van der Waals surface area contributed by atoms with Crippen LogP contribution >= 0.6 is 23.1 Å². The van der Waals surface area contributed by atoms with Gasteiger partial charge in [0.05, 0.1) is 11.3 Å². The topological polar surface area (TPSA) is 59.4 Å². The number of rotatable bonds is 9. The molecule has 0 radical (unpaired) electrons. The molecule has 0 saturated carbocycles. The van der Waals surface area contributed by atoms with Gasteiger partial charge < -0.3 is 9.84 Å². The molecule has 39 heavy (non-hydrogen) atoms. The number of aromatic nitrogens is 1. The first-order valence-electron chi connectivity index (χ1n) is 11.6. The number of carboxylic acids is 1. The van der Waals surface area contributed by atoms with Crippen molar-refractivity contribution in [2.75, 3.05) is 6.61 Å². The Morgan fingerprint density at radius 3 is 2.31 bits per heavy atom. The minimum atomic E-state index is -4.73. The molecule has 0 fully saturated rings. The Labute approximate surface area is 229 Å². The standard InChI is InChI=1S/C28H22F5NO3S2/c1-15-9-22(7-8-23(15)37-13-25(35)36)38-14-24-16(2)34-27(39-24)18-5-3-17(4-6-18)19-10-20(26(29)30)12-21(11-19)28(31,32)33/h3-12,26H,13-14H2,1-2H3,(H,35,36). The Balaban J connectivity index is 1.49. The average Bonchev–Trinajstić information content (AvgIpc) is 3.26. The van der Waals surface area contributed by atoms with Crippen LogP contribution in [0.25, 0.3) is 21.7 Å². The molecule has 1 N–H and O–H groups in total. The lowest BCUT2D eigenvalue weighted by Gasteiger charge is -2.12. The molecule has 4 nitrogen and oxygen atoms in total. The van der Waals surface area contributed by atoms with Crippen molar-refractivity contribution in [2.45, 2.75) is 37.1 Å².